The zero-order valence-electron chi connectivity index (χ0n) is 19.5. The average molecular weight is 576 g/mol. The standard InChI is InChI=1S/C23H21ClF7NO4S/c1-12(11-37(3,35)36)9-18(33)19-15(5-4-6-16(19)24)20(34)32-17-8-7-14(10-13(17)2)21(25,22(26,27)28)23(29,30)31/h4-8,10,12H,9,11H2,1-3H3,(H,32,34)/t12-/m1/s1. The van der Waals surface area contributed by atoms with Crippen LogP contribution in [0.2, 0.25) is 5.02 Å². The molecule has 0 aliphatic heterocycles. The Morgan fingerprint density at radius 3 is 2.05 bits per heavy atom. The number of nitrogens with one attached hydrogen (secondary N) is 1. The molecule has 37 heavy (non-hydrogen) atoms. The fourth-order valence-electron chi connectivity index (χ4n) is 3.69. The van der Waals surface area contributed by atoms with E-state index in [0.717, 1.165) is 13.2 Å². The zero-order valence-corrected chi connectivity index (χ0v) is 21.1. The molecule has 0 bridgehead atoms. The van der Waals surface area contributed by atoms with E-state index in [1.807, 2.05) is 0 Å². The van der Waals surface area contributed by atoms with Crippen LogP contribution in [0.15, 0.2) is 36.4 Å². The Labute approximate surface area is 212 Å². The van der Waals surface area contributed by atoms with Gasteiger partial charge in [0, 0.05) is 29.5 Å². The van der Waals surface area contributed by atoms with Crippen LogP contribution >= 0.6 is 11.6 Å². The van der Waals surface area contributed by atoms with E-state index in [1.165, 1.54) is 25.1 Å². The van der Waals surface area contributed by atoms with Crippen LogP contribution in [-0.4, -0.2) is 44.5 Å². The van der Waals surface area contributed by atoms with Crippen molar-refractivity contribution in [2.75, 3.05) is 17.3 Å². The maximum atomic E-state index is 14.3. The number of Topliss-reactive ketones (excluding diaryl/α,β-unsaturated/α-hetero) is 1. The summed E-state index contributed by atoms with van der Waals surface area (Å²) in [5.74, 6) is -2.55. The number of carbonyl (C=O) groups excluding carboxylic acids is 2. The van der Waals surface area contributed by atoms with Crippen molar-refractivity contribution in [3.63, 3.8) is 0 Å². The summed E-state index contributed by atoms with van der Waals surface area (Å²) in [6.45, 7) is 2.57. The molecule has 0 saturated heterocycles. The van der Waals surface area contributed by atoms with Crippen LogP contribution in [0.5, 0.6) is 0 Å². The fraction of sp³-hybridized carbons (Fsp3) is 0.391. The van der Waals surface area contributed by atoms with E-state index in [4.69, 9.17) is 11.6 Å². The van der Waals surface area contributed by atoms with Crippen molar-refractivity contribution in [3.8, 4) is 0 Å². The molecule has 2 rings (SSSR count). The van der Waals surface area contributed by atoms with Crippen molar-refractivity contribution in [2.45, 2.75) is 38.3 Å². The van der Waals surface area contributed by atoms with Crippen LogP contribution in [0.25, 0.3) is 0 Å². The minimum atomic E-state index is -6.30. The van der Waals surface area contributed by atoms with Crippen molar-refractivity contribution in [2.24, 2.45) is 5.92 Å². The van der Waals surface area contributed by atoms with Crippen molar-refractivity contribution in [1.82, 2.24) is 0 Å². The molecule has 0 aromatic heterocycles. The zero-order chi connectivity index (χ0) is 28.6. The van der Waals surface area contributed by atoms with Gasteiger partial charge >= 0.3 is 18.0 Å². The summed E-state index contributed by atoms with van der Waals surface area (Å²) >= 11 is 6.10. The summed E-state index contributed by atoms with van der Waals surface area (Å²) in [6, 6.07) is 5.08. The topological polar surface area (TPSA) is 80.3 Å². The first-order valence-electron chi connectivity index (χ1n) is 10.4. The number of hydrogen-bond donors (Lipinski definition) is 1. The number of alkyl halides is 7. The van der Waals surface area contributed by atoms with E-state index in [0.29, 0.717) is 12.1 Å². The van der Waals surface area contributed by atoms with Crippen LogP contribution in [0.4, 0.5) is 36.4 Å². The number of anilines is 1. The number of ketones is 1. The molecule has 1 amide bonds. The molecule has 2 aromatic rings. The van der Waals surface area contributed by atoms with E-state index in [2.05, 4.69) is 5.32 Å². The lowest BCUT2D eigenvalue weighted by Crippen LogP contribution is -2.50. The van der Waals surface area contributed by atoms with Gasteiger partial charge in [0.05, 0.1) is 16.3 Å². The van der Waals surface area contributed by atoms with E-state index in [1.54, 1.807) is 0 Å². The molecule has 1 atom stereocenters. The average Bonchev–Trinajstić information content (AvgIpc) is 2.71. The Morgan fingerprint density at radius 2 is 1.57 bits per heavy atom. The van der Waals surface area contributed by atoms with Gasteiger partial charge in [-0.3, -0.25) is 9.59 Å². The SMILES string of the molecule is Cc1cc(C(F)(C(F)(F)F)C(F)(F)F)ccc1NC(=O)c1cccc(Cl)c1C(=O)C[C@@H](C)CS(C)(=O)=O. The second-order valence-electron chi connectivity index (χ2n) is 8.63. The minimum Gasteiger partial charge on any atom is -0.322 e. The van der Waals surface area contributed by atoms with E-state index in [-0.39, 0.29) is 45.6 Å². The predicted molar refractivity (Wildman–Crippen MR) is 123 cm³/mol. The van der Waals surface area contributed by atoms with Crippen molar-refractivity contribution >= 4 is 38.8 Å². The molecule has 0 unspecified atom stereocenters. The minimum absolute atomic E-state index is 0.131. The lowest BCUT2D eigenvalue weighted by molar-refractivity contribution is -0.348. The van der Waals surface area contributed by atoms with Gasteiger partial charge in [-0.05, 0) is 36.6 Å². The number of carbonyl (C=O) groups is 2. The number of rotatable bonds is 8. The molecule has 0 radical (unpaired) electrons. The molecule has 0 heterocycles. The molecule has 5 nitrogen and oxygen atoms in total. The largest absolute Gasteiger partial charge is 0.435 e. The lowest BCUT2D eigenvalue weighted by atomic mass is 9.92. The number of aryl methyl sites for hydroxylation is 1. The molecule has 0 aliphatic rings. The maximum absolute atomic E-state index is 14.3. The van der Waals surface area contributed by atoms with E-state index < -0.39 is 51.0 Å². The molecule has 2 aromatic carbocycles. The third-order valence-electron chi connectivity index (χ3n) is 5.31. The third kappa shape index (κ3) is 6.81. The van der Waals surface area contributed by atoms with Crippen LogP contribution < -0.4 is 5.32 Å². The van der Waals surface area contributed by atoms with Crippen molar-refractivity contribution < 1.29 is 48.7 Å². The Balaban J connectivity index is 2.40. The van der Waals surface area contributed by atoms with E-state index in [9.17, 15) is 48.7 Å². The highest BCUT2D eigenvalue weighted by Gasteiger charge is 2.73. The summed E-state index contributed by atoms with van der Waals surface area (Å²) in [5, 5.41) is 2.14. The third-order valence-corrected chi connectivity index (χ3v) is 6.80. The van der Waals surface area contributed by atoms with Gasteiger partial charge in [0.15, 0.2) is 5.78 Å². The predicted octanol–water partition coefficient (Wildman–Crippen LogP) is 6.44. The summed E-state index contributed by atoms with van der Waals surface area (Å²) < 4.78 is 116. The molecule has 14 heteroatoms. The highest BCUT2D eigenvalue weighted by molar-refractivity contribution is 7.90. The summed E-state index contributed by atoms with van der Waals surface area (Å²) in [7, 11) is -3.40. The van der Waals surface area contributed by atoms with Crippen LogP contribution in [0.1, 0.15) is 45.2 Å². The smallest absolute Gasteiger partial charge is 0.322 e. The van der Waals surface area contributed by atoms with Gasteiger partial charge in [-0.1, -0.05) is 36.7 Å². The lowest BCUT2D eigenvalue weighted by Gasteiger charge is -2.30. The number of amides is 1. The van der Waals surface area contributed by atoms with E-state index >= 15 is 0 Å². The van der Waals surface area contributed by atoms with Gasteiger partial charge in [-0.15, -0.1) is 0 Å². The highest BCUT2D eigenvalue weighted by atomic mass is 35.5. The normalized spacial score (nSPS) is 13.8. The summed E-state index contributed by atoms with van der Waals surface area (Å²) in [5.41, 5.74) is -8.43. The first-order chi connectivity index (χ1) is 16.7. The number of sulfone groups is 1. The fourth-order valence-corrected chi connectivity index (χ4v) is 5.12. The second-order valence-corrected chi connectivity index (χ2v) is 11.2. The molecular formula is C23H21ClF7NO4S. The summed E-state index contributed by atoms with van der Waals surface area (Å²) in [4.78, 5) is 25.7. The molecular weight excluding hydrogens is 555 g/mol. The monoisotopic (exact) mass is 575 g/mol. The van der Waals surface area contributed by atoms with Gasteiger partial charge in [-0.2, -0.15) is 26.3 Å². The van der Waals surface area contributed by atoms with Crippen LogP contribution in [0.3, 0.4) is 0 Å². The quantitative estimate of drug-likeness (QED) is 0.290. The summed E-state index contributed by atoms with van der Waals surface area (Å²) in [6.07, 6.45) is -11.9. The van der Waals surface area contributed by atoms with Crippen LogP contribution in [-0.2, 0) is 15.5 Å². The first kappa shape index (κ1) is 30.6. The number of halogens is 8. The van der Waals surface area contributed by atoms with Gasteiger partial charge in [0.2, 0.25) is 0 Å². The Hall–Kier alpha value is -2.67. The molecule has 204 valence electrons. The maximum Gasteiger partial charge on any atom is 0.435 e. The highest BCUT2D eigenvalue weighted by Crippen LogP contribution is 2.53. The Morgan fingerprint density at radius 1 is 1.00 bits per heavy atom. The molecule has 0 fully saturated rings. The molecule has 0 spiro atoms. The Kier molecular flexibility index (Phi) is 8.75. The van der Waals surface area contributed by atoms with Crippen LogP contribution in [0, 0.1) is 12.8 Å². The first-order valence-corrected chi connectivity index (χ1v) is 12.9. The molecule has 1 N–H and O–H groups in total. The van der Waals surface area contributed by atoms with Gasteiger partial charge in [0.25, 0.3) is 5.91 Å². The number of benzene rings is 2. The Bertz CT molecular complexity index is 1290. The van der Waals surface area contributed by atoms with Gasteiger partial charge < -0.3 is 5.32 Å². The van der Waals surface area contributed by atoms with Gasteiger partial charge in [-0.25, -0.2) is 12.8 Å². The number of hydrogen-bond acceptors (Lipinski definition) is 4. The molecule has 0 aliphatic carbocycles. The van der Waals surface area contributed by atoms with Crippen molar-refractivity contribution in [3.05, 3.63) is 63.7 Å². The molecule has 0 saturated carbocycles. The second kappa shape index (κ2) is 10.6. The van der Waals surface area contributed by atoms with Gasteiger partial charge in [0.1, 0.15) is 9.84 Å². The van der Waals surface area contributed by atoms with Crippen molar-refractivity contribution in [1.29, 1.82) is 0 Å².